The molecule has 1 atom stereocenters. The Morgan fingerprint density at radius 1 is 1.53 bits per heavy atom. The summed E-state index contributed by atoms with van der Waals surface area (Å²) >= 11 is 0. The normalized spacial score (nSPS) is 13.1. The van der Waals surface area contributed by atoms with Crippen molar-refractivity contribution in [2.75, 3.05) is 13.6 Å². The van der Waals surface area contributed by atoms with Gasteiger partial charge in [0, 0.05) is 19.3 Å². The first-order valence-electron chi connectivity index (χ1n) is 5.36. The zero-order chi connectivity index (χ0) is 11.3. The summed E-state index contributed by atoms with van der Waals surface area (Å²) in [5, 5.41) is 9.18. The van der Waals surface area contributed by atoms with Crippen LogP contribution in [0.3, 0.4) is 0 Å². The summed E-state index contributed by atoms with van der Waals surface area (Å²) in [5.41, 5.74) is 2.34. The van der Waals surface area contributed by atoms with E-state index in [1.165, 1.54) is 5.56 Å². The second kappa shape index (κ2) is 5.83. The van der Waals surface area contributed by atoms with Gasteiger partial charge in [0.2, 0.25) is 0 Å². The van der Waals surface area contributed by atoms with Gasteiger partial charge in [-0.3, -0.25) is 4.98 Å². The van der Waals surface area contributed by atoms with Gasteiger partial charge >= 0.3 is 0 Å². The Balaban J connectivity index is 2.44. The monoisotopic (exact) mass is 208 g/mol. The third-order valence-electron chi connectivity index (χ3n) is 2.47. The van der Waals surface area contributed by atoms with Gasteiger partial charge in [-0.15, -0.1) is 0 Å². The summed E-state index contributed by atoms with van der Waals surface area (Å²) in [4.78, 5) is 6.52. The minimum atomic E-state index is -0.225. The maximum absolute atomic E-state index is 9.18. The largest absolute Gasteiger partial charge is 0.393 e. The second-order valence-corrected chi connectivity index (χ2v) is 4.14. The molecule has 1 unspecified atom stereocenters. The number of aryl methyl sites for hydroxylation is 1. The zero-order valence-electron chi connectivity index (χ0n) is 9.77. The molecule has 0 fully saturated rings. The summed E-state index contributed by atoms with van der Waals surface area (Å²) in [7, 11) is 2.05. The molecule has 0 aliphatic heterocycles. The van der Waals surface area contributed by atoms with Crippen LogP contribution in [0.5, 0.6) is 0 Å². The molecule has 0 aliphatic rings. The van der Waals surface area contributed by atoms with Crippen LogP contribution in [0.4, 0.5) is 0 Å². The molecular weight excluding hydrogens is 188 g/mol. The number of hydrogen-bond acceptors (Lipinski definition) is 3. The molecule has 0 spiro atoms. The first kappa shape index (κ1) is 12.1. The number of nitrogens with zero attached hydrogens (tertiary/aromatic N) is 2. The highest BCUT2D eigenvalue weighted by molar-refractivity contribution is 5.17. The lowest BCUT2D eigenvalue weighted by Crippen LogP contribution is -2.23. The standard InChI is InChI=1S/C12H20N2O/c1-10-5-4-7-13-12(10)9-14(3)8-6-11(2)15/h4-5,7,11,15H,6,8-9H2,1-3H3. The number of pyridine rings is 1. The fourth-order valence-corrected chi connectivity index (χ4v) is 1.43. The zero-order valence-corrected chi connectivity index (χ0v) is 9.77. The molecule has 0 aromatic carbocycles. The molecule has 1 heterocycles. The van der Waals surface area contributed by atoms with Crippen LogP contribution in [0.25, 0.3) is 0 Å². The van der Waals surface area contributed by atoms with Crippen molar-refractivity contribution in [3.8, 4) is 0 Å². The van der Waals surface area contributed by atoms with Crippen LogP contribution < -0.4 is 0 Å². The first-order valence-corrected chi connectivity index (χ1v) is 5.36. The Morgan fingerprint density at radius 3 is 2.87 bits per heavy atom. The van der Waals surface area contributed by atoms with Crippen molar-refractivity contribution >= 4 is 0 Å². The molecule has 0 aliphatic carbocycles. The number of rotatable bonds is 5. The van der Waals surface area contributed by atoms with Gasteiger partial charge in [-0.1, -0.05) is 6.07 Å². The molecule has 0 saturated carbocycles. The van der Waals surface area contributed by atoms with Gasteiger partial charge in [-0.05, 0) is 38.9 Å². The quantitative estimate of drug-likeness (QED) is 0.798. The molecule has 0 amide bonds. The van der Waals surface area contributed by atoms with Crippen LogP contribution >= 0.6 is 0 Å². The van der Waals surface area contributed by atoms with E-state index >= 15 is 0 Å². The smallest absolute Gasteiger partial charge is 0.0572 e. The third kappa shape index (κ3) is 4.40. The van der Waals surface area contributed by atoms with Gasteiger partial charge < -0.3 is 10.0 Å². The second-order valence-electron chi connectivity index (χ2n) is 4.14. The third-order valence-corrected chi connectivity index (χ3v) is 2.47. The van der Waals surface area contributed by atoms with Crippen molar-refractivity contribution < 1.29 is 5.11 Å². The van der Waals surface area contributed by atoms with Gasteiger partial charge in [0.15, 0.2) is 0 Å². The summed E-state index contributed by atoms with van der Waals surface area (Å²) in [6, 6.07) is 4.03. The van der Waals surface area contributed by atoms with Crippen LogP contribution in [0.2, 0.25) is 0 Å². The van der Waals surface area contributed by atoms with Crippen molar-refractivity contribution in [1.29, 1.82) is 0 Å². The Morgan fingerprint density at radius 2 is 2.27 bits per heavy atom. The van der Waals surface area contributed by atoms with Crippen molar-refractivity contribution in [3.63, 3.8) is 0 Å². The number of hydrogen-bond donors (Lipinski definition) is 1. The predicted molar refractivity (Wildman–Crippen MR) is 61.6 cm³/mol. The van der Waals surface area contributed by atoms with Crippen molar-refractivity contribution in [2.24, 2.45) is 0 Å². The molecule has 0 bridgehead atoms. The van der Waals surface area contributed by atoms with E-state index in [1.807, 2.05) is 19.2 Å². The van der Waals surface area contributed by atoms with E-state index < -0.39 is 0 Å². The van der Waals surface area contributed by atoms with Gasteiger partial charge in [0.05, 0.1) is 11.8 Å². The fourth-order valence-electron chi connectivity index (χ4n) is 1.43. The average Bonchev–Trinajstić information content (AvgIpc) is 2.18. The maximum atomic E-state index is 9.18. The van der Waals surface area contributed by atoms with Crippen molar-refractivity contribution in [1.82, 2.24) is 9.88 Å². The molecule has 3 heteroatoms. The molecule has 1 rings (SSSR count). The predicted octanol–water partition coefficient (Wildman–Crippen LogP) is 1.59. The molecule has 1 N–H and O–H groups in total. The molecule has 0 saturated heterocycles. The SMILES string of the molecule is Cc1cccnc1CN(C)CCC(C)O. The van der Waals surface area contributed by atoms with Crippen LogP contribution in [-0.4, -0.2) is 34.7 Å². The molecule has 3 nitrogen and oxygen atoms in total. The maximum Gasteiger partial charge on any atom is 0.0572 e. The van der Waals surface area contributed by atoms with E-state index in [1.54, 1.807) is 0 Å². The highest BCUT2D eigenvalue weighted by Crippen LogP contribution is 2.06. The summed E-state index contributed by atoms with van der Waals surface area (Å²) in [6.45, 7) is 5.64. The fraction of sp³-hybridized carbons (Fsp3) is 0.583. The Kier molecular flexibility index (Phi) is 4.72. The molecular formula is C12H20N2O. The Bertz CT molecular complexity index is 299. The first-order chi connectivity index (χ1) is 7.09. The van der Waals surface area contributed by atoms with E-state index in [0.29, 0.717) is 0 Å². The highest BCUT2D eigenvalue weighted by Gasteiger charge is 2.05. The number of aromatic nitrogens is 1. The molecule has 15 heavy (non-hydrogen) atoms. The molecule has 84 valence electrons. The lowest BCUT2D eigenvalue weighted by Gasteiger charge is -2.17. The molecule has 1 aromatic heterocycles. The van der Waals surface area contributed by atoms with Gasteiger partial charge in [-0.2, -0.15) is 0 Å². The van der Waals surface area contributed by atoms with Crippen molar-refractivity contribution in [3.05, 3.63) is 29.6 Å². The molecule has 1 aromatic rings. The number of aliphatic hydroxyl groups excluding tert-OH is 1. The minimum Gasteiger partial charge on any atom is -0.393 e. The van der Waals surface area contributed by atoms with E-state index in [4.69, 9.17) is 0 Å². The summed E-state index contributed by atoms with van der Waals surface area (Å²) in [5.74, 6) is 0. The van der Waals surface area contributed by atoms with Crippen LogP contribution in [-0.2, 0) is 6.54 Å². The van der Waals surface area contributed by atoms with E-state index in [2.05, 4.69) is 29.9 Å². The van der Waals surface area contributed by atoms with Crippen LogP contribution in [0.1, 0.15) is 24.6 Å². The lowest BCUT2D eigenvalue weighted by molar-refractivity contribution is 0.162. The summed E-state index contributed by atoms with van der Waals surface area (Å²) < 4.78 is 0. The van der Waals surface area contributed by atoms with Crippen molar-refractivity contribution in [2.45, 2.75) is 32.9 Å². The van der Waals surface area contributed by atoms with Crippen LogP contribution in [0, 0.1) is 6.92 Å². The Hall–Kier alpha value is -0.930. The van der Waals surface area contributed by atoms with E-state index in [-0.39, 0.29) is 6.10 Å². The molecule has 0 radical (unpaired) electrons. The Labute approximate surface area is 91.8 Å². The lowest BCUT2D eigenvalue weighted by atomic mass is 10.2. The van der Waals surface area contributed by atoms with E-state index in [9.17, 15) is 5.11 Å². The van der Waals surface area contributed by atoms with Gasteiger partial charge in [-0.25, -0.2) is 0 Å². The summed E-state index contributed by atoms with van der Waals surface area (Å²) in [6.07, 6.45) is 2.41. The topological polar surface area (TPSA) is 36.4 Å². The highest BCUT2D eigenvalue weighted by atomic mass is 16.3. The average molecular weight is 208 g/mol. The van der Waals surface area contributed by atoms with Gasteiger partial charge in [0.1, 0.15) is 0 Å². The minimum absolute atomic E-state index is 0.225. The number of aliphatic hydroxyl groups is 1. The van der Waals surface area contributed by atoms with E-state index in [0.717, 1.165) is 25.2 Å². The van der Waals surface area contributed by atoms with Gasteiger partial charge in [0.25, 0.3) is 0 Å². The van der Waals surface area contributed by atoms with Crippen LogP contribution in [0.15, 0.2) is 18.3 Å².